The normalized spacial score (nSPS) is 23.5. The minimum absolute atomic E-state index is 0.200. The summed E-state index contributed by atoms with van der Waals surface area (Å²) in [6, 6.07) is 3.60. The van der Waals surface area contributed by atoms with Crippen molar-refractivity contribution >= 4 is 10.2 Å². The van der Waals surface area contributed by atoms with E-state index < -0.39 is 10.2 Å². The van der Waals surface area contributed by atoms with Gasteiger partial charge in [-0.05, 0) is 19.1 Å². The van der Waals surface area contributed by atoms with Crippen LogP contribution in [-0.4, -0.2) is 32.4 Å². The van der Waals surface area contributed by atoms with Gasteiger partial charge in [0.2, 0.25) is 0 Å². The third kappa shape index (κ3) is 2.43. The fraction of sp³-hybridized carbons (Fsp3) is 0.556. The molecule has 6 nitrogen and oxygen atoms in total. The molecular formula is C9H14N2O4S. The Morgan fingerprint density at radius 3 is 2.81 bits per heavy atom. The maximum Gasteiger partial charge on any atom is 0.277 e. The lowest BCUT2D eigenvalue weighted by atomic mass is 10.2. The van der Waals surface area contributed by atoms with Gasteiger partial charge in [0, 0.05) is 13.1 Å². The van der Waals surface area contributed by atoms with Gasteiger partial charge in [-0.2, -0.15) is 12.7 Å². The van der Waals surface area contributed by atoms with Gasteiger partial charge in [0.25, 0.3) is 10.2 Å². The Morgan fingerprint density at radius 1 is 1.50 bits per heavy atom. The number of hydrogen-bond acceptors (Lipinski definition) is 4. The summed E-state index contributed by atoms with van der Waals surface area (Å²) in [5, 5.41) is 5.07. The van der Waals surface area contributed by atoms with Gasteiger partial charge >= 0.3 is 0 Å². The summed E-state index contributed by atoms with van der Waals surface area (Å²) in [6.45, 7) is 2.63. The Bertz CT molecular complexity index is 468. The van der Waals surface area contributed by atoms with E-state index in [4.69, 9.17) is 14.3 Å². The number of furan rings is 1. The second-order valence-corrected chi connectivity index (χ2v) is 5.26. The predicted octanol–water partition coefficient (Wildman–Crippen LogP) is 0.165. The fourth-order valence-electron chi connectivity index (χ4n) is 1.66. The van der Waals surface area contributed by atoms with Crippen molar-refractivity contribution in [1.29, 1.82) is 0 Å². The zero-order valence-corrected chi connectivity index (χ0v) is 9.74. The van der Waals surface area contributed by atoms with Crippen molar-refractivity contribution in [3.05, 3.63) is 23.7 Å². The lowest BCUT2D eigenvalue weighted by Gasteiger charge is -2.29. The summed E-state index contributed by atoms with van der Waals surface area (Å²) < 4.78 is 34.4. The lowest BCUT2D eigenvalue weighted by Crippen LogP contribution is -2.45. The SMILES string of the molecule is Cc1ccc([C@H]2CN(S(N)(=O)=O)CCO2)o1. The van der Waals surface area contributed by atoms with Crippen LogP contribution in [0.4, 0.5) is 0 Å². The van der Waals surface area contributed by atoms with E-state index in [-0.39, 0.29) is 19.2 Å². The van der Waals surface area contributed by atoms with Crippen LogP contribution in [0.3, 0.4) is 0 Å². The molecule has 0 amide bonds. The molecule has 0 spiro atoms. The molecule has 0 unspecified atom stereocenters. The highest BCUT2D eigenvalue weighted by Crippen LogP contribution is 2.24. The zero-order chi connectivity index (χ0) is 11.8. The zero-order valence-electron chi connectivity index (χ0n) is 8.92. The Labute approximate surface area is 94.2 Å². The highest BCUT2D eigenvalue weighted by Gasteiger charge is 2.29. The molecule has 90 valence electrons. The topological polar surface area (TPSA) is 85.8 Å². The highest BCUT2D eigenvalue weighted by atomic mass is 32.2. The van der Waals surface area contributed by atoms with E-state index in [0.717, 1.165) is 5.76 Å². The molecule has 7 heteroatoms. The molecule has 1 aromatic rings. The monoisotopic (exact) mass is 246 g/mol. The molecule has 1 fully saturated rings. The van der Waals surface area contributed by atoms with Crippen LogP contribution in [0.2, 0.25) is 0 Å². The largest absolute Gasteiger partial charge is 0.464 e. The Morgan fingerprint density at radius 2 is 2.25 bits per heavy atom. The van der Waals surface area contributed by atoms with Gasteiger partial charge < -0.3 is 9.15 Å². The minimum atomic E-state index is -3.65. The van der Waals surface area contributed by atoms with Gasteiger partial charge in [-0.3, -0.25) is 0 Å². The number of ether oxygens (including phenoxy) is 1. The van der Waals surface area contributed by atoms with Crippen LogP contribution >= 0.6 is 0 Å². The van der Waals surface area contributed by atoms with Crippen molar-refractivity contribution in [3.8, 4) is 0 Å². The summed E-state index contributed by atoms with van der Waals surface area (Å²) >= 11 is 0. The average Bonchev–Trinajstić information content (AvgIpc) is 2.64. The molecule has 1 aliphatic rings. The molecule has 2 rings (SSSR count). The average molecular weight is 246 g/mol. The standard InChI is InChI=1S/C9H14N2O4S/c1-7-2-3-8(15-7)9-6-11(4-5-14-9)16(10,12)13/h2-3,9H,4-6H2,1H3,(H2,10,12,13)/t9-/m1/s1. The summed E-state index contributed by atoms with van der Waals surface area (Å²) in [7, 11) is -3.65. The number of aryl methyl sites for hydroxylation is 1. The summed E-state index contributed by atoms with van der Waals surface area (Å²) in [5.41, 5.74) is 0. The number of morpholine rings is 1. The second-order valence-electron chi connectivity index (χ2n) is 3.71. The van der Waals surface area contributed by atoms with Crippen LogP contribution in [0.15, 0.2) is 16.5 Å². The number of nitrogens with zero attached hydrogens (tertiary/aromatic N) is 1. The smallest absolute Gasteiger partial charge is 0.277 e. The van der Waals surface area contributed by atoms with Crippen LogP contribution < -0.4 is 5.14 Å². The summed E-state index contributed by atoms with van der Waals surface area (Å²) in [4.78, 5) is 0. The molecule has 0 saturated carbocycles. The number of rotatable bonds is 2. The quantitative estimate of drug-likeness (QED) is 0.805. The van der Waals surface area contributed by atoms with Gasteiger partial charge in [-0.15, -0.1) is 0 Å². The third-order valence-electron chi connectivity index (χ3n) is 2.47. The van der Waals surface area contributed by atoms with Gasteiger partial charge in [0.1, 0.15) is 17.6 Å². The highest BCUT2D eigenvalue weighted by molar-refractivity contribution is 7.86. The molecule has 16 heavy (non-hydrogen) atoms. The molecule has 1 atom stereocenters. The van der Waals surface area contributed by atoms with Crippen molar-refractivity contribution < 1.29 is 17.6 Å². The van der Waals surface area contributed by atoms with Gasteiger partial charge in [0.15, 0.2) is 0 Å². The van der Waals surface area contributed by atoms with Crippen molar-refractivity contribution in [2.45, 2.75) is 13.0 Å². The fourth-order valence-corrected chi connectivity index (χ4v) is 2.33. The van der Waals surface area contributed by atoms with E-state index in [9.17, 15) is 8.42 Å². The van der Waals surface area contributed by atoms with E-state index in [2.05, 4.69) is 0 Å². The van der Waals surface area contributed by atoms with E-state index in [1.165, 1.54) is 4.31 Å². The maximum atomic E-state index is 11.2. The van der Waals surface area contributed by atoms with E-state index >= 15 is 0 Å². The van der Waals surface area contributed by atoms with Crippen molar-refractivity contribution in [1.82, 2.24) is 4.31 Å². The number of hydrogen-bond donors (Lipinski definition) is 1. The van der Waals surface area contributed by atoms with Crippen LogP contribution in [-0.2, 0) is 14.9 Å². The van der Waals surface area contributed by atoms with Crippen molar-refractivity contribution in [2.75, 3.05) is 19.7 Å². The van der Waals surface area contributed by atoms with Crippen LogP contribution in [0, 0.1) is 6.92 Å². The van der Waals surface area contributed by atoms with E-state index in [1.54, 1.807) is 6.07 Å². The Hall–Kier alpha value is -0.890. The van der Waals surface area contributed by atoms with Crippen molar-refractivity contribution in [3.63, 3.8) is 0 Å². The van der Waals surface area contributed by atoms with Gasteiger partial charge in [-0.25, -0.2) is 5.14 Å². The Kier molecular flexibility index (Phi) is 3.02. The molecule has 2 heterocycles. The first-order valence-electron chi connectivity index (χ1n) is 4.92. The first-order valence-corrected chi connectivity index (χ1v) is 6.43. The molecule has 1 aliphatic heterocycles. The summed E-state index contributed by atoms with van der Waals surface area (Å²) in [5.74, 6) is 1.40. The van der Waals surface area contributed by atoms with E-state index in [1.807, 2.05) is 13.0 Å². The van der Waals surface area contributed by atoms with Gasteiger partial charge in [0.05, 0.1) is 6.61 Å². The molecule has 0 radical (unpaired) electrons. The molecule has 1 saturated heterocycles. The predicted molar refractivity (Wildman–Crippen MR) is 56.8 cm³/mol. The third-order valence-corrected chi connectivity index (χ3v) is 3.52. The molecule has 0 bridgehead atoms. The van der Waals surface area contributed by atoms with Crippen LogP contribution in [0.25, 0.3) is 0 Å². The molecule has 2 N–H and O–H groups in total. The molecule has 0 aliphatic carbocycles. The lowest BCUT2D eigenvalue weighted by molar-refractivity contribution is -0.0146. The Balaban J connectivity index is 2.13. The van der Waals surface area contributed by atoms with Gasteiger partial charge in [-0.1, -0.05) is 0 Å². The first-order chi connectivity index (χ1) is 7.47. The minimum Gasteiger partial charge on any atom is -0.464 e. The molecule has 0 aromatic carbocycles. The maximum absolute atomic E-state index is 11.2. The molecular weight excluding hydrogens is 232 g/mol. The molecule has 1 aromatic heterocycles. The van der Waals surface area contributed by atoms with Crippen LogP contribution in [0.5, 0.6) is 0 Å². The first kappa shape index (κ1) is 11.6. The van der Waals surface area contributed by atoms with E-state index in [0.29, 0.717) is 12.4 Å². The number of nitrogens with two attached hydrogens (primary N) is 1. The van der Waals surface area contributed by atoms with Crippen molar-refractivity contribution in [2.24, 2.45) is 5.14 Å². The summed E-state index contributed by atoms with van der Waals surface area (Å²) in [6.07, 6.45) is -0.374. The van der Waals surface area contributed by atoms with Crippen LogP contribution in [0.1, 0.15) is 17.6 Å². The second kappa shape index (κ2) is 4.17.